The van der Waals surface area contributed by atoms with Crippen molar-refractivity contribution in [1.82, 2.24) is 9.78 Å². The van der Waals surface area contributed by atoms with E-state index in [1.54, 1.807) is 14.0 Å². The van der Waals surface area contributed by atoms with E-state index in [2.05, 4.69) is 5.10 Å². The largest absolute Gasteiger partial charge is 0.378 e. The predicted molar refractivity (Wildman–Crippen MR) is 45.3 cm³/mol. The number of aryl methyl sites for hydroxylation is 1. The first kappa shape index (κ1) is 9.66. The third kappa shape index (κ3) is 1.67. The van der Waals surface area contributed by atoms with Gasteiger partial charge in [-0.2, -0.15) is 5.10 Å². The topological polar surface area (TPSA) is 70.2 Å². The summed E-state index contributed by atoms with van der Waals surface area (Å²) < 4.78 is 6.29. The van der Waals surface area contributed by atoms with Crippen LogP contribution in [0.25, 0.3) is 0 Å². The molecule has 0 unspecified atom stereocenters. The van der Waals surface area contributed by atoms with E-state index in [1.165, 1.54) is 11.8 Å². The van der Waals surface area contributed by atoms with Crippen LogP contribution in [0, 0.1) is 17.0 Å². The molecule has 0 bridgehead atoms. The van der Waals surface area contributed by atoms with Crippen molar-refractivity contribution < 1.29 is 9.66 Å². The third-order valence-corrected chi connectivity index (χ3v) is 1.84. The average molecular weight is 185 g/mol. The SMILES string of the molecule is COCc1nn(C)c(C)c1[N+](=O)[O-]. The minimum atomic E-state index is -0.434. The molecule has 0 spiro atoms. The van der Waals surface area contributed by atoms with Crippen LogP contribution in [-0.4, -0.2) is 21.8 Å². The average Bonchev–Trinajstić information content (AvgIpc) is 2.28. The van der Waals surface area contributed by atoms with Crippen molar-refractivity contribution in [2.24, 2.45) is 7.05 Å². The second-order valence-electron chi connectivity index (χ2n) is 2.69. The molecule has 1 rings (SSSR count). The molecule has 1 heterocycles. The first-order chi connectivity index (χ1) is 6.07. The molecule has 0 fully saturated rings. The zero-order chi connectivity index (χ0) is 10.0. The van der Waals surface area contributed by atoms with Gasteiger partial charge in [-0.05, 0) is 6.92 Å². The number of hydrogen-bond acceptors (Lipinski definition) is 4. The van der Waals surface area contributed by atoms with Crippen molar-refractivity contribution >= 4 is 5.69 Å². The van der Waals surface area contributed by atoms with Crippen molar-refractivity contribution in [3.63, 3.8) is 0 Å². The standard InChI is InChI=1S/C7H11N3O3/c1-5-7(10(11)12)6(4-13-3)8-9(5)2/h4H2,1-3H3. The lowest BCUT2D eigenvalue weighted by Crippen LogP contribution is -1.95. The van der Waals surface area contributed by atoms with Crippen LogP contribution >= 0.6 is 0 Å². The molecule has 0 saturated carbocycles. The molecule has 1 aromatic rings. The van der Waals surface area contributed by atoms with E-state index in [4.69, 9.17) is 4.74 Å². The van der Waals surface area contributed by atoms with E-state index >= 15 is 0 Å². The van der Waals surface area contributed by atoms with E-state index < -0.39 is 4.92 Å². The van der Waals surface area contributed by atoms with Crippen LogP contribution in [0.1, 0.15) is 11.4 Å². The normalized spacial score (nSPS) is 10.4. The summed E-state index contributed by atoms with van der Waals surface area (Å²) in [6, 6.07) is 0. The van der Waals surface area contributed by atoms with Gasteiger partial charge in [-0.1, -0.05) is 0 Å². The van der Waals surface area contributed by atoms with Crippen LogP contribution in [0.4, 0.5) is 5.69 Å². The molecule has 0 aliphatic carbocycles. The molecule has 0 aliphatic rings. The Bertz CT molecular complexity index is 332. The molecule has 0 aliphatic heterocycles. The molecule has 6 nitrogen and oxygen atoms in total. The van der Waals surface area contributed by atoms with Crippen LogP contribution < -0.4 is 0 Å². The van der Waals surface area contributed by atoms with Crippen molar-refractivity contribution in [2.45, 2.75) is 13.5 Å². The van der Waals surface area contributed by atoms with Gasteiger partial charge in [0.25, 0.3) is 0 Å². The summed E-state index contributed by atoms with van der Waals surface area (Å²) in [5, 5.41) is 14.6. The van der Waals surface area contributed by atoms with Gasteiger partial charge < -0.3 is 4.74 Å². The summed E-state index contributed by atoms with van der Waals surface area (Å²) in [4.78, 5) is 10.2. The Hall–Kier alpha value is -1.43. The lowest BCUT2D eigenvalue weighted by Gasteiger charge is -1.92. The van der Waals surface area contributed by atoms with Gasteiger partial charge in [0, 0.05) is 14.2 Å². The number of aromatic nitrogens is 2. The van der Waals surface area contributed by atoms with Crippen LogP contribution in [0.2, 0.25) is 0 Å². The monoisotopic (exact) mass is 185 g/mol. The van der Waals surface area contributed by atoms with E-state index in [-0.39, 0.29) is 12.3 Å². The quantitative estimate of drug-likeness (QED) is 0.515. The molecular formula is C7H11N3O3. The summed E-state index contributed by atoms with van der Waals surface area (Å²) in [5.74, 6) is 0. The second kappa shape index (κ2) is 3.53. The second-order valence-corrected chi connectivity index (χ2v) is 2.69. The van der Waals surface area contributed by atoms with Gasteiger partial charge in [0.15, 0.2) is 5.69 Å². The van der Waals surface area contributed by atoms with Gasteiger partial charge in [-0.3, -0.25) is 14.8 Å². The maximum absolute atomic E-state index is 10.6. The summed E-state index contributed by atoms with van der Waals surface area (Å²) in [6.45, 7) is 1.82. The van der Waals surface area contributed by atoms with Crippen LogP contribution in [0.5, 0.6) is 0 Å². The van der Waals surface area contributed by atoms with Crippen molar-refractivity contribution in [3.05, 3.63) is 21.5 Å². The number of hydrogen-bond donors (Lipinski definition) is 0. The molecule has 0 saturated heterocycles. The molecule has 72 valence electrons. The highest BCUT2D eigenvalue weighted by Crippen LogP contribution is 2.22. The van der Waals surface area contributed by atoms with Crippen LogP contribution in [-0.2, 0) is 18.4 Å². The van der Waals surface area contributed by atoms with Gasteiger partial charge in [0.05, 0.1) is 11.5 Å². The van der Waals surface area contributed by atoms with E-state index in [0.717, 1.165) is 0 Å². The Kier molecular flexibility index (Phi) is 2.62. The Morgan fingerprint density at radius 1 is 1.69 bits per heavy atom. The van der Waals surface area contributed by atoms with Crippen molar-refractivity contribution in [1.29, 1.82) is 0 Å². The minimum absolute atomic E-state index is 0.0457. The van der Waals surface area contributed by atoms with Gasteiger partial charge in [0.2, 0.25) is 0 Å². The first-order valence-corrected chi connectivity index (χ1v) is 3.73. The highest BCUT2D eigenvalue weighted by molar-refractivity contribution is 5.39. The van der Waals surface area contributed by atoms with Gasteiger partial charge in [0.1, 0.15) is 5.69 Å². The fourth-order valence-electron chi connectivity index (χ4n) is 1.14. The van der Waals surface area contributed by atoms with E-state index in [1.807, 2.05) is 0 Å². The summed E-state index contributed by atoms with van der Waals surface area (Å²) in [7, 11) is 3.15. The predicted octanol–water partition coefficient (Wildman–Crippen LogP) is 0.783. The third-order valence-electron chi connectivity index (χ3n) is 1.84. The van der Waals surface area contributed by atoms with Crippen molar-refractivity contribution in [2.75, 3.05) is 7.11 Å². The van der Waals surface area contributed by atoms with Gasteiger partial charge in [-0.15, -0.1) is 0 Å². The zero-order valence-corrected chi connectivity index (χ0v) is 7.77. The molecular weight excluding hydrogens is 174 g/mol. The number of ether oxygens (including phenoxy) is 1. The fraction of sp³-hybridized carbons (Fsp3) is 0.571. The van der Waals surface area contributed by atoms with Gasteiger partial charge in [-0.25, -0.2) is 0 Å². The number of methoxy groups -OCH3 is 1. The fourth-order valence-corrected chi connectivity index (χ4v) is 1.14. The molecule has 1 aromatic heterocycles. The Labute approximate surface area is 75.3 Å². The van der Waals surface area contributed by atoms with E-state index in [9.17, 15) is 10.1 Å². The van der Waals surface area contributed by atoms with Crippen LogP contribution in [0.15, 0.2) is 0 Å². The summed E-state index contributed by atoms with van der Waals surface area (Å²) in [5.41, 5.74) is 0.953. The van der Waals surface area contributed by atoms with Crippen molar-refractivity contribution in [3.8, 4) is 0 Å². The van der Waals surface area contributed by atoms with E-state index in [0.29, 0.717) is 11.4 Å². The smallest absolute Gasteiger partial charge is 0.315 e. The molecule has 0 N–H and O–H groups in total. The molecule has 0 radical (unpaired) electrons. The highest BCUT2D eigenvalue weighted by Gasteiger charge is 2.22. The Morgan fingerprint density at radius 3 is 2.77 bits per heavy atom. The minimum Gasteiger partial charge on any atom is -0.378 e. The number of nitrogens with zero attached hydrogens (tertiary/aromatic N) is 3. The lowest BCUT2D eigenvalue weighted by molar-refractivity contribution is -0.386. The van der Waals surface area contributed by atoms with Gasteiger partial charge >= 0.3 is 5.69 Å². The zero-order valence-electron chi connectivity index (χ0n) is 7.77. The maximum atomic E-state index is 10.6. The molecule has 0 amide bonds. The molecule has 0 aromatic carbocycles. The molecule has 6 heteroatoms. The lowest BCUT2D eigenvalue weighted by atomic mass is 10.3. The number of rotatable bonds is 3. The molecule has 0 atom stereocenters. The Balaban J connectivity index is 3.18. The number of nitro groups is 1. The highest BCUT2D eigenvalue weighted by atomic mass is 16.6. The molecule has 13 heavy (non-hydrogen) atoms. The van der Waals surface area contributed by atoms with Crippen LogP contribution in [0.3, 0.4) is 0 Å². The summed E-state index contributed by atoms with van der Waals surface area (Å²) in [6.07, 6.45) is 0. The summed E-state index contributed by atoms with van der Waals surface area (Å²) >= 11 is 0. The Morgan fingerprint density at radius 2 is 2.31 bits per heavy atom. The first-order valence-electron chi connectivity index (χ1n) is 3.73. The maximum Gasteiger partial charge on any atom is 0.315 e.